The number of rotatable bonds is 47. The van der Waals surface area contributed by atoms with Gasteiger partial charge in [-0.05, 0) is 70.6 Å². The van der Waals surface area contributed by atoms with Crippen molar-refractivity contribution in [3.05, 3.63) is 48.6 Å². The largest absolute Gasteiger partial charge is 0.462 e. The third kappa shape index (κ3) is 48.3. The number of unbranched alkanes of at least 4 members (excludes halogenated alkanes) is 28. The Labute approximate surface area is 378 Å². The average molecular weight is 855 g/mol. The summed E-state index contributed by atoms with van der Waals surface area (Å²) in [5.41, 5.74) is 0. The lowest BCUT2D eigenvalue weighted by atomic mass is 10.0. The number of hydrogen-bond donors (Lipinski definition) is 0. The monoisotopic (exact) mass is 855 g/mol. The summed E-state index contributed by atoms with van der Waals surface area (Å²) in [4.78, 5) is 37.9. The molecule has 0 aliphatic rings. The number of carbonyl (C=O) groups excluding carboxylic acids is 3. The van der Waals surface area contributed by atoms with Gasteiger partial charge in [0.15, 0.2) is 6.10 Å². The first kappa shape index (κ1) is 58.4. The first-order valence-electron chi connectivity index (χ1n) is 26.1. The second kappa shape index (κ2) is 50.0. The first-order chi connectivity index (χ1) is 30.0. The summed E-state index contributed by atoms with van der Waals surface area (Å²) in [6.45, 7) is 6.49. The van der Waals surface area contributed by atoms with Gasteiger partial charge >= 0.3 is 17.9 Å². The van der Waals surface area contributed by atoms with Gasteiger partial charge in [0.05, 0.1) is 0 Å². The standard InChI is InChI=1S/C55H98O6/c1-4-7-10-13-16-19-22-24-26-27-28-29-30-32-33-36-39-42-45-48-54(57)60-51-52(50-59-53(56)47-44-41-38-35-21-18-15-12-9-6-3)61-55(58)49-46-43-40-37-34-31-25-23-20-17-14-11-8-5-2/h7,10,15-16,18-19,24,26,52H,4-6,8-9,11-14,17,20-23,25,27-51H2,1-3H3/b10-7-,18-15-,19-16-,26-24-. The highest BCUT2D eigenvalue weighted by atomic mass is 16.6. The van der Waals surface area contributed by atoms with Gasteiger partial charge in [0, 0.05) is 19.3 Å². The fourth-order valence-electron chi connectivity index (χ4n) is 7.38. The Morgan fingerprint density at radius 1 is 0.344 bits per heavy atom. The zero-order valence-electron chi connectivity index (χ0n) is 40.4. The lowest BCUT2D eigenvalue weighted by molar-refractivity contribution is -0.167. The van der Waals surface area contributed by atoms with E-state index in [9.17, 15) is 14.4 Å². The molecule has 61 heavy (non-hydrogen) atoms. The lowest BCUT2D eigenvalue weighted by Crippen LogP contribution is -2.30. The van der Waals surface area contributed by atoms with Crippen LogP contribution in [0.3, 0.4) is 0 Å². The predicted molar refractivity (Wildman–Crippen MR) is 261 cm³/mol. The topological polar surface area (TPSA) is 78.9 Å². The highest BCUT2D eigenvalue weighted by Gasteiger charge is 2.19. The van der Waals surface area contributed by atoms with Crippen molar-refractivity contribution in [3.63, 3.8) is 0 Å². The Morgan fingerprint density at radius 3 is 1.07 bits per heavy atom. The highest BCUT2D eigenvalue weighted by molar-refractivity contribution is 5.71. The van der Waals surface area contributed by atoms with Crippen LogP contribution in [0.15, 0.2) is 48.6 Å². The maximum atomic E-state index is 12.8. The van der Waals surface area contributed by atoms with Crippen LogP contribution in [0, 0.1) is 0 Å². The Balaban J connectivity index is 4.31. The molecule has 0 fully saturated rings. The third-order valence-electron chi connectivity index (χ3n) is 11.3. The van der Waals surface area contributed by atoms with Crippen LogP contribution in [0.2, 0.25) is 0 Å². The van der Waals surface area contributed by atoms with E-state index in [1.165, 1.54) is 128 Å². The van der Waals surface area contributed by atoms with Crippen molar-refractivity contribution >= 4 is 17.9 Å². The molecule has 0 aliphatic heterocycles. The molecule has 0 aromatic rings. The van der Waals surface area contributed by atoms with E-state index in [-0.39, 0.29) is 31.1 Å². The van der Waals surface area contributed by atoms with Gasteiger partial charge in [-0.25, -0.2) is 0 Å². The van der Waals surface area contributed by atoms with Crippen LogP contribution >= 0.6 is 0 Å². The molecule has 0 N–H and O–H groups in total. The lowest BCUT2D eigenvalue weighted by Gasteiger charge is -2.18. The van der Waals surface area contributed by atoms with Crippen LogP contribution in [0.4, 0.5) is 0 Å². The van der Waals surface area contributed by atoms with Crippen molar-refractivity contribution in [3.8, 4) is 0 Å². The Hall–Kier alpha value is -2.63. The molecule has 0 aromatic heterocycles. The summed E-state index contributed by atoms with van der Waals surface area (Å²) in [6, 6.07) is 0. The van der Waals surface area contributed by atoms with Gasteiger partial charge in [-0.15, -0.1) is 0 Å². The molecule has 0 saturated heterocycles. The van der Waals surface area contributed by atoms with E-state index in [1.807, 2.05) is 0 Å². The van der Waals surface area contributed by atoms with Crippen molar-refractivity contribution in [2.24, 2.45) is 0 Å². The predicted octanol–water partition coefficient (Wildman–Crippen LogP) is 17.1. The molecule has 0 saturated carbocycles. The summed E-state index contributed by atoms with van der Waals surface area (Å²) in [7, 11) is 0. The number of esters is 3. The van der Waals surface area contributed by atoms with Crippen LogP contribution in [-0.4, -0.2) is 37.2 Å². The van der Waals surface area contributed by atoms with Gasteiger partial charge in [0.1, 0.15) is 13.2 Å². The van der Waals surface area contributed by atoms with Gasteiger partial charge in [0.2, 0.25) is 0 Å². The normalized spacial score (nSPS) is 12.4. The van der Waals surface area contributed by atoms with Crippen molar-refractivity contribution < 1.29 is 28.6 Å². The minimum Gasteiger partial charge on any atom is -0.462 e. The molecule has 6 nitrogen and oxygen atoms in total. The second-order valence-corrected chi connectivity index (χ2v) is 17.4. The number of ether oxygens (including phenoxy) is 3. The zero-order chi connectivity index (χ0) is 44.4. The summed E-state index contributed by atoms with van der Waals surface area (Å²) >= 11 is 0. The van der Waals surface area contributed by atoms with E-state index in [0.717, 1.165) is 96.3 Å². The Bertz CT molecular complexity index is 1070. The van der Waals surface area contributed by atoms with E-state index < -0.39 is 6.10 Å². The molecule has 0 radical (unpaired) electrons. The van der Waals surface area contributed by atoms with Crippen LogP contribution in [0.1, 0.15) is 265 Å². The van der Waals surface area contributed by atoms with Crippen molar-refractivity contribution in [1.29, 1.82) is 0 Å². The molecule has 0 aliphatic carbocycles. The molecule has 354 valence electrons. The third-order valence-corrected chi connectivity index (χ3v) is 11.3. The van der Waals surface area contributed by atoms with Gasteiger partial charge in [-0.1, -0.05) is 223 Å². The van der Waals surface area contributed by atoms with Crippen molar-refractivity contribution in [1.82, 2.24) is 0 Å². The second-order valence-electron chi connectivity index (χ2n) is 17.4. The summed E-state index contributed by atoms with van der Waals surface area (Å²) in [6.07, 6.45) is 59.5. The van der Waals surface area contributed by atoms with Crippen molar-refractivity contribution in [2.75, 3.05) is 13.2 Å². The minimum absolute atomic E-state index is 0.0772. The Kier molecular flexibility index (Phi) is 47.9. The van der Waals surface area contributed by atoms with E-state index in [0.29, 0.717) is 19.3 Å². The smallest absolute Gasteiger partial charge is 0.306 e. The van der Waals surface area contributed by atoms with E-state index in [1.54, 1.807) is 0 Å². The fourth-order valence-corrected chi connectivity index (χ4v) is 7.38. The highest BCUT2D eigenvalue weighted by Crippen LogP contribution is 2.16. The molecule has 0 spiro atoms. The maximum absolute atomic E-state index is 12.8. The summed E-state index contributed by atoms with van der Waals surface area (Å²) in [5.74, 6) is -0.888. The van der Waals surface area contributed by atoms with Crippen LogP contribution < -0.4 is 0 Å². The molecule has 1 atom stereocenters. The molecule has 0 bridgehead atoms. The number of carbonyl (C=O) groups is 3. The van der Waals surface area contributed by atoms with Gasteiger partial charge in [0.25, 0.3) is 0 Å². The minimum atomic E-state index is -0.775. The molecule has 0 rings (SSSR count). The molecular formula is C55H98O6. The molecule has 0 heterocycles. The van der Waals surface area contributed by atoms with E-state index in [2.05, 4.69) is 69.4 Å². The van der Waals surface area contributed by atoms with Crippen LogP contribution in [-0.2, 0) is 28.6 Å². The van der Waals surface area contributed by atoms with E-state index in [4.69, 9.17) is 14.2 Å². The zero-order valence-corrected chi connectivity index (χ0v) is 40.4. The average Bonchev–Trinajstić information content (AvgIpc) is 3.26. The molecule has 6 heteroatoms. The quantitative estimate of drug-likeness (QED) is 0.0263. The van der Waals surface area contributed by atoms with Gasteiger partial charge in [-0.2, -0.15) is 0 Å². The molecule has 1 unspecified atom stereocenters. The van der Waals surface area contributed by atoms with Gasteiger partial charge < -0.3 is 14.2 Å². The van der Waals surface area contributed by atoms with E-state index >= 15 is 0 Å². The number of allylic oxidation sites excluding steroid dienone is 8. The summed E-state index contributed by atoms with van der Waals surface area (Å²) in [5, 5.41) is 0. The molecule has 0 amide bonds. The first-order valence-corrected chi connectivity index (χ1v) is 26.1. The van der Waals surface area contributed by atoms with Gasteiger partial charge in [-0.3, -0.25) is 14.4 Å². The fraction of sp³-hybridized carbons (Fsp3) is 0.800. The molecule has 0 aromatic carbocycles. The maximum Gasteiger partial charge on any atom is 0.306 e. The SMILES string of the molecule is CC/C=C\C/C=C\C/C=C\CCCCCCCCCCCC(=O)OCC(COC(=O)CCCCCC/C=C\CCCC)OC(=O)CCCCCCCCCCCCCCCC. The van der Waals surface area contributed by atoms with Crippen LogP contribution in [0.5, 0.6) is 0 Å². The molecular weight excluding hydrogens is 757 g/mol. The summed E-state index contributed by atoms with van der Waals surface area (Å²) < 4.78 is 16.8. The van der Waals surface area contributed by atoms with Crippen molar-refractivity contribution in [2.45, 2.75) is 271 Å². The number of hydrogen-bond acceptors (Lipinski definition) is 6. The Morgan fingerprint density at radius 2 is 0.656 bits per heavy atom. The van der Waals surface area contributed by atoms with Crippen LogP contribution in [0.25, 0.3) is 0 Å².